The van der Waals surface area contributed by atoms with Crippen LogP contribution in [0.3, 0.4) is 0 Å². The van der Waals surface area contributed by atoms with Gasteiger partial charge in [-0.3, -0.25) is 10.1 Å². The Bertz CT molecular complexity index is 491. The van der Waals surface area contributed by atoms with Crippen molar-refractivity contribution in [2.45, 2.75) is 43.9 Å². The lowest BCUT2D eigenvalue weighted by atomic mass is 10.2. The van der Waals surface area contributed by atoms with Crippen LogP contribution in [0, 0.1) is 0 Å². The Morgan fingerprint density at radius 1 is 1.38 bits per heavy atom. The summed E-state index contributed by atoms with van der Waals surface area (Å²) in [5, 5.41) is 3.25. The smallest absolute Gasteiger partial charge is 0.237 e. The molecule has 2 aliphatic rings. The molecule has 1 atom stereocenters. The zero-order valence-corrected chi connectivity index (χ0v) is 12.1. The minimum absolute atomic E-state index is 0.233. The molecule has 1 aliphatic carbocycles. The van der Waals surface area contributed by atoms with Gasteiger partial charge in [0.1, 0.15) is 12.4 Å². The molecule has 1 saturated carbocycles. The lowest BCUT2D eigenvalue weighted by molar-refractivity contribution is -0.121. The van der Waals surface area contributed by atoms with Crippen molar-refractivity contribution < 1.29 is 14.3 Å². The number of ether oxygens (including phenoxy) is 2. The molecule has 1 aliphatic heterocycles. The lowest BCUT2D eigenvalue weighted by Gasteiger charge is -2.14. The third-order valence-electron chi connectivity index (χ3n) is 4.24. The van der Waals surface area contributed by atoms with E-state index in [1.807, 2.05) is 24.3 Å². The van der Waals surface area contributed by atoms with Gasteiger partial charge < -0.3 is 15.2 Å². The van der Waals surface area contributed by atoms with Gasteiger partial charge in [-0.25, -0.2) is 0 Å². The van der Waals surface area contributed by atoms with Crippen LogP contribution in [0.2, 0.25) is 0 Å². The van der Waals surface area contributed by atoms with Crippen molar-refractivity contribution in [2.24, 2.45) is 5.73 Å². The highest BCUT2D eigenvalue weighted by atomic mass is 16.5. The van der Waals surface area contributed by atoms with E-state index in [-0.39, 0.29) is 12.0 Å². The second-order valence-corrected chi connectivity index (χ2v) is 5.89. The minimum atomic E-state index is -0.463. The van der Waals surface area contributed by atoms with Crippen LogP contribution in [0.5, 0.6) is 5.75 Å². The van der Waals surface area contributed by atoms with Gasteiger partial charge in [0.25, 0.3) is 0 Å². The van der Waals surface area contributed by atoms with Crippen molar-refractivity contribution in [3.05, 3.63) is 29.8 Å². The van der Waals surface area contributed by atoms with E-state index in [2.05, 4.69) is 5.32 Å². The van der Waals surface area contributed by atoms with E-state index < -0.39 is 5.54 Å². The van der Waals surface area contributed by atoms with Gasteiger partial charge in [-0.05, 0) is 43.4 Å². The number of carbonyl (C=O) groups excluding carboxylic acids is 1. The number of nitrogens with one attached hydrogen (secondary N) is 1. The topological polar surface area (TPSA) is 73.6 Å². The zero-order chi connectivity index (χ0) is 14.7. The molecule has 1 heterocycles. The van der Waals surface area contributed by atoms with Crippen molar-refractivity contribution >= 4 is 5.91 Å². The molecule has 114 valence electrons. The van der Waals surface area contributed by atoms with Crippen LogP contribution in [0.1, 0.15) is 31.2 Å². The second-order valence-electron chi connectivity index (χ2n) is 5.89. The largest absolute Gasteiger partial charge is 0.491 e. The quantitative estimate of drug-likeness (QED) is 0.795. The van der Waals surface area contributed by atoms with Crippen LogP contribution in [0.15, 0.2) is 24.3 Å². The molecule has 2 fully saturated rings. The van der Waals surface area contributed by atoms with Crippen LogP contribution in [0.4, 0.5) is 0 Å². The molecule has 5 nitrogen and oxygen atoms in total. The number of amides is 1. The number of primary amides is 1. The summed E-state index contributed by atoms with van der Waals surface area (Å²) in [5.41, 5.74) is 6.04. The standard InChI is InChI=1S/C16H22N2O3/c17-15(19)16(7-8-16)18-10-12-3-5-13(6-4-12)21-11-14-2-1-9-20-14/h3-6,14,18H,1-2,7-11H2,(H2,17,19). The second kappa shape index (κ2) is 6.03. The van der Waals surface area contributed by atoms with Gasteiger partial charge in [-0.2, -0.15) is 0 Å². The fourth-order valence-corrected chi connectivity index (χ4v) is 2.58. The maximum Gasteiger partial charge on any atom is 0.237 e. The highest BCUT2D eigenvalue weighted by Crippen LogP contribution is 2.35. The van der Waals surface area contributed by atoms with Crippen LogP contribution in [-0.4, -0.2) is 30.8 Å². The first-order chi connectivity index (χ1) is 10.2. The summed E-state index contributed by atoms with van der Waals surface area (Å²) >= 11 is 0. The summed E-state index contributed by atoms with van der Waals surface area (Å²) in [6.07, 6.45) is 4.12. The third kappa shape index (κ3) is 3.54. The van der Waals surface area contributed by atoms with E-state index >= 15 is 0 Å². The number of carbonyl (C=O) groups is 1. The van der Waals surface area contributed by atoms with Crippen LogP contribution < -0.4 is 15.8 Å². The Morgan fingerprint density at radius 3 is 2.71 bits per heavy atom. The third-order valence-corrected chi connectivity index (χ3v) is 4.24. The van der Waals surface area contributed by atoms with Crippen LogP contribution in [0.25, 0.3) is 0 Å². The van der Waals surface area contributed by atoms with E-state index in [9.17, 15) is 4.79 Å². The number of nitrogens with two attached hydrogens (primary N) is 1. The van der Waals surface area contributed by atoms with Crippen molar-refractivity contribution in [3.63, 3.8) is 0 Å². The molecule has 5 heteroatoms. The van der Waals surface area contributed by atoms with Gasteiger partial charge in [-0.15, -0.1) is 0 Å². The van der Waals surface area contributed by atoms with E-state index in [0.717, 1.165) is 43.6 Å². The first-order valence-electron chi connectivity index (χ1n) is 7.56. The van der Waals surface area contributed by atoms with Gasteiger partial charge in [0.15, 0.2) is 0 Å². The first kappa shape index (κ1) is 14.4. The Morgan fingerprint density at radius 2 is 2.14 bits per heavy atom. The fourth-order valence-electron chi connectivity index (χ4n) is 2.58. The SMILES string of the molecule is NC(=O)C1(NCc2ccc(OCC3CCCO3)cc2)CC1. The number of benzene rings is 1. The van der Waals surface area contributed by atoms with E-state index in [1.165, 1.54) is 0 Å². The fraction of sp³-hybridized carbons (Fsp3) is 0.562. The summed E-state index contributed by atoms with van der Waals surface area (Å²) in [6.45, 7) is 2.11. The van der Waals surface area contributed by atoms with Gasteiger partial charge in [-0.1, -0.05) is 12.1 Å². The Labute approximate surface area is 124 Å². The summed E-state index contributed by atoms with van der Waals surface area (Å²) in [6, 6.07) is 7.93. The minimum Gasteiger partial charge on any atom is -0.491 e. The van der Waals surface area contributed by atoms with Crippen LogP contribution in [-0.2, 0) is 16.1 Å². The van der Waals surface area contributed by atoms with Gasteiger partial charge >= 0.3 is 0 Å². The van der Waals surface area contributed by atoms with Gasteiger partial charge in [0.2, 0.25) is 5.91 Å². The molecule has 1 saturated heterocycles. The molecule has 0 spiro atoms. The molecule has 0 bridgehead atoms. The van der Waals surface area contributed by atoms with Crippen molar-refractivity contribution in [1.82, 2.24) is 5.32 Å². The van der Waals surface area contributed by atoms with Crippen LogP contribution >= 0.6 is 0 Å². The predicted molar refractivity (Wildman–Crippen MR) is 78.9 cm³/mol. The van der Waals surface area contributed by atoms with Gasteiger partial charge in [0, 0.05) is 13.2 Å². The van der Waals surface area contributed by atoms with Crippen molar-refractivity contribution in [1.29, 1.82) is 0 Å². The highest BCUT2D eigenvalue weighted by Gasteiger charge is 2.47. The molecule has 3 rings (SSSR count). The Balaban J connectivity index is 1.46. The molecule has 1 aromatic carbocycles. The molecule has 21 heavy (non-hydrogen) atoms. The maximum absolute atomic E-state index is 11.3. The number of rotatable bonds is 7. The molecule has 1 aromatic rings. The molecule has 1 amide bonds. The van der Waals surface area contributed by atoms with E-state index in [1.54, 1.807) is 0 Å². The average Bonchev–Trinajstić information content (AvgIpc) is 3.12. The summed E-state index contributed by atoms with van der Waals surface area (Å²) < 4.78 is 11.2. The van der Waals surface area contributed by atoms with E-state index in [4.69, 9.17) is 15.2 Å². The predicted octanol–water partition coefficient (Wildman–Crippen LogP) is 1.35. The Kier molecular flexibility index (Phi) is 4.12. The van der Waals surface area contributed by atoms with Crippen molar-refractivity contribution in [2.75, 3.05) is 13.2 Å². The molecule has 0 radical (unpaired) electrons. The van der Waals surface area contributed by atoms with Crippen molar-refractivity contribution in [3.8, 4) is 5.75 Å². The lowest BCUT2D eigenvalue weighted by Crippen LogP contribution is -2.43. The molecule has 1 unspecified atom stereocenters. The average molecular weight is 290 g/mol. The summed E-state index contributed by atoms with van der Waals surface area (Å²) in [4.78, 5) is 11.3. The normalized spacial score (nSPS) is 23.0. The summed E-state index contributed by atoms with van der Waals surface area (Å²) in [5.74, 6) is 0.601. The highest BCUT2D eigenvalue weighted by molar-refractivity contribution is 5.87. The van der Waals surface area contributed by atoms with E-state index in [0.29, 0.717) is 13.2 Å². The zero-order valence-electron chi connectivity index (χ0n) is 12.1. The molecule has 3 N–H and O–H groups in total. The van der Waals surface area contributed by atoms with Gasteiger partial charge in [0.05, 0.1) is 11.6 Å². The first-order valence-corrected chi connectivity index (χ1v) is 7.56. The monoisotopic (exact) mass is 290 g/mol. The molecular formula is C16H22N2O3. The molecular weight excluding hydrogens is 268 g/mol. The maximum atomic E-state index is 11.3. The number of hydrogen-bond donors (Lipinski definition) is 2. The molecule has 0 aromatic heterocycles. The summed E-state index contributed by atoms with van der Waals surface area (Å²) in [7, 11) is 0. The Hall–Kier alpha value is -1.59. The number of hydrogen-bond acceptors (Lipinski definition) is 4.